The first-order chi connectivity index (χ1) is 28.5. The fourth-order valence-corrected chi connectivity index (χ4v) is 5.69. The first-order valence-electron chi connectivity index (χ1n) is 18.2. The van der Waals surface area contributed by atoms with Gasteiger partial charge in [-0.3, -0.25) is 9.98 Å². The fourth-order valence-electron chi connectivity index (χ4n) is 5.69. The Hall–Kier alpha value is -8.24. The number of carbonyl (C=O) groups excluding carboxylic acids is 2. The molecule has 278 valence electrons. The van der Waals surface area contributed by atoms with Crippen molar-refractivity contribution in [1.29, 1.82) is 0 Å². The van der Waals surface area contributed by atoms with Gasteiger partial charge in [-0.05, 0) is 94.1 Å². The van der Waals surface area contributed by atoms with Crippen molar-refractivity contribution in [2.45, 2.75) is 0 Å². The van der Waals surface area contributed by atoms with Gasteiger partial charge in [-0.2, -0.15) is 10.2 Å². The molecular weight excluding hydrogens is 725 g/mol. The van der Waals surface area contributed by atoms with E-state index in [2.05, 4.69) is 30.2 Å². The van der Waals surface area contributed by atoms with Crippen LogP contribution in [0.5, 0.6) is 0 Å². The molecule has 10 heteroatoms. The molecular formula is C48H32N6O4. The summed E-state index contributed by atoms with van der Waals surface area (Å²) in [4.78, 5) is 42.5. The molecule has 10 nitrogen and oxygen atoms in total. The Morgan fingerprint density at radius 2 is 0.724 bits per heavy atom. The Kier molecular flexibility index (Phi) is 11.1. The first-order valence-corrected chi connectivity index (χ1v) is 18.2. The lowest BCUT2D eigenvalue weighted by molar-refractivity contribution is -0.130. The Bertz CT molecular complexity index is 2500. The molecule has 0 amide bonds. The highest BCUT2D eigenvalue weighted by molar-refractivity contribution is 6.13. The van der Waals surface area contributed by atoms with E-state index in [1.807, 2.05) is 158 Å². The summed E-state index contributed by atoms with van der Waals surface area (Å²) in [5.74, 6) is -0.418. The van der Waals surface area contributed by atoms with Crippen molar-refractivity contribution in [2.24, 2.45) is 30.2 Å². The average molecular weight is 757 g/mol. The number of rotatable bonds is 11. The Balaban J connectivity index is 0.803. The predicted molar refractivity (Wildman–Crippen MR) is 230 cm³/mol. The second kappa shape index (κ2) is 17.5. The molecule has 58 heavy (non-hydrogen) atoms. The van der Waals surface area contributed by atoms with Gasteiger partial charge in [0.25, 0.3) is 0 Å². The van der Waals surface area contributed by atoms with Crippen LogP contribution in [-0.4, -0.2) is 48.6 Å². The number of esters is 2. The van der Waals surface area contributed by atoms with Gasteiger partial charge >= 0.3 is 11.9 Å². The summed E-state index contributed by atoms with van der Waals surface area (Å²) in [7, 11) is 0. The van der Waals surface area contributed by atoms with Crippen molar-refractivity contribution in [3.8, 4) is 0 Å². The summed E-state index contributed by atoms with van der Waals surface area (Å²) >= 11 is 0. The zero-order chi connectivity index (χ0) is 39.5. The fraction of sp³-hybridized carbons (Fsp3) is 0. The van der Waals surface area contributed by atoms with E-state index in [0.29, 0.717) is 11.1 Å². The van der Waals surface area contributed by atoms with E-state index in [0.717, 1.165) is 44.8 Å². The third-order valence-corrected chi connectivity index (χ3v) is 8.75. The SMILES string of the molecule is O=C1OC(c2ccc(/N=C/c3ccc(/C=N/N=C/c4ccc(/C=N/c5ccc(C6=N/C(=C\c7ccccc7)C(=O)O6)cc5)cc4)cc3)cc2)=N/C1=C\c1ccccc1. The highest BCUT2D eigenvalue weighted by atomic mass is 16.6. The van der Waals surface area contributed by atoms with E-state index in [9.17, 15) is 9.59 Å². The topological polar surface area (TPSA) is 127 Å². The summed E-state index contributed by atoms with van der Waals surface area (Å²) < 4.78 is 10.8. The van der Waals surface area contributed by atoms with Crippen LogP contribution in [-0.2, 0) is 19.1 Å². The van der Waals surface area contributed by atoms with E-state index < -0.39 is 11.9 Å². The predicted octanol–water partition coefficient (Wildman–Crippen LogP) is 9.33. The van der Waals surface area contributed by atoms with Gasteiger partial charge in [-0.1, -0.05) is 109 Å². The maximum Gasteiger partial charge on any atom is 0.363 e. The Morgan fingerprint density at radius 1 is 0.379 bits per heavy atom. The number of hydrogen-bond acceptors (Lipinski definition) is 10. The van der Waals surface area contributed by atoms with Crippen molar-refractivity contribution < 1.29 is 19.1 Å². The normalized spacial score (nSPS) is 15.6. The second-order valence-corrected chi connectivity index (χ2v) is 12.9. The number of hydrogen-bond donors (Lipinski definition) is 0. The van der Waals surface area contributed by atoms with Crippen molar-refractivity contribution in [3.05, 3.63) is 214 Å². The molecule has 6 aromatic rings. The zero-order valence-corrected chi connectivity index (χ0v) is 30.8. The number of ether oxygens (including phenoxy) is 2. The van der Waals surface area contributed by atoms with E-state index >= 15 is 0 Å². The molecule has 0 saturated carbocycles. The lowest BCUT2D eigenvalue weighted by atomic mass is 10.1. The van der Waals surface area contributed by atoms with Crippen LogP contribution in [0.2, 0.25) is 0 Å². The molecule has 0 spiro atoms. The van der Waals surface area contributed by atoms with Gasteiger partial charge in [0.2, 0.25) is 11.8 Å². The van der Waals surface area contributed by atoms with E-state index in [-0.39, 0.29) is 23.2 Å². The van der Waals surface area contributed by atoms with Gasteiger partial charge in [0, 0.05) is 23.6 Å². The standard InChI is InChI=1S/C48H32N6O4/c55-47-43(27-33-7-3-1-4-8-33)53-45(57-47)39-19-23-41(24-20-39)49-29-35-11-15-37(16-12-35)31-51-52-32-38-17-13-36(14-18-38)30-50-42-25-21-40(22-26-42)46-54-44(48(56)58-46)28-34-9-5-2-6-10-34/h1-32H/b43-27-,44-28-,49-29+,50-30+,51-31+,52-32+. The molecule has 0 atom stereocenters. The van der Waals surface area contributed by atoms with Gasteiger partial charge in [-0.25, -0.2) is 19.6 Å². The highest BCUT2D eigenvalue weighted by Crippen LogP contribution is 2.23. The molecule has 0 fully saturated rings. The second-order valence-electron chi connectivity index (χ2n) is 12.9. The summed E-state index contributed by atoms with van der Waals surface area (Å²) in [5, 5.41) is 8.39. The van der Waals surface area contributed by atoms with Gasteiger partial charge in [0.05, 0.1) is 23.8 Å². The van der Waals surface area contributed by atoms with Crippen LogP contribution < -0.4 is 0 Å². The number of cyclic esters (lactones) is 2. The van der Waals surface area contributed by atoms with Crippen LogP contribution in [0.25, 0.3) is 12.2 Å². The Morgan fingerprint density at radius 3 is 1.09 bits per heavy atom. The molecule has 0 radical (unpaired) electrons. The van der Waals surface area contributed by atoms with E-state index in [1.165, 1.54) is 0 Å². The third-order valence-electron chi connectivity index (χ3n) is 8.75. The number of aliphatic imine (C=N–C) groups is 4. The quantitative estimate of drug-likeness (QED) is 0.0565. The average Bonchev–Trinajstić information content (AvgIpc) is 3.83. The van der Waals surface area contributed by atoms with Crippen LogP contribution in [0.3, 0.4) is 0 Å². The minimum atomic E-state index is -0.476. The van der Waals surface area contributed by atoms with Gasteiger partial charge in [0.1, 0.15) is 0 Å². The molecule has 0 saturated heterocycles. The smallest absolute Gasteiger partial charge is 0.363 e. The summed E-state index contributed by atoms with van der Waals surface area (Å²) in [6, 6.07) is 49.3. The van der Waals surface area contributed by atoms with Crippen molar-refractivity contribution in [2.75, 3.05) is 0 Å². The van der Waals surface area contributed by atoms with Gasteiger partial charge < -0.3 is 9.47 Å². The molecule has 2 aliphatic rings. The van der Waals surface area contributed by atoms with Crippen LogP contribution in [0.15, 0.2) is 199 Å². The molecule has 0 bridgehead atoms. The summed E-state index contributed by atoms with van der Waals surface area (Å²) in [6.45, 7) is 0. The third kappa shape index (κ3) is 9.52. The van der Waals surface area contributed by atoms with Crippen LogP contribution in [0.1, 0.15) is 44.5 Å². The first kappa shape index (κ1) is 36.7. The highest BCUT2D eigenvalue weighted by Gasteiger charge is 2.25. The zero-order valence-electron chi connectivity index (χ0n) is 30.8. The largest absolute Gasteiger partial charge is 0.402 e. The minimum Gasteiger partial charge on any atom is -0.402 e. The van der Waals surface area contributed by atoms with E-state index in [4.69, 9.17) is 9.47 Å². The number of nitrogens with zero attached hydrogens (tertiary/aromatic N) is 6. The molecule has 0 N–H and O–H groups in total. The summed E-state index contributed by atoms with van der Waals surface area (Å²) in [5.41, 5.74) is 8.79. The molecule has 8 rings (SSSR count). The lowest BCUT2D eigenvalue weighted by Gasteiger charge is -2.00. The Labute approximate surface area is 334 Å². The number of carbonyl (C=O) groups is 2. The number of benzene rings is 6. The molecule has 6 aromatic carbocycles. The van der Waals surface area contributed by atoms with Crippen molar-refractivity contribution >= 4 is 72.1 Å². The molecule has 0 unspecified atom stereocenters. The van der Waals surface area contributed by atoms with E-state index in [1.54, 1.807) is 37.0 Å². The monoisotopic (exact) mass is 756 g/mol. The van der Waals surface area contributed by atoms with Crippen molar-refractivity contribution in [3.63, 3.8) is 0 Å². The molecule has 2 heterocycles. The van der Waals surface area contributed by atoms with Crippen molar-refractivity contribution in [1.82, 2.24) is 0 Å². The van der Waals surface area contributed by atoms with Crippen LogP contribution in [0, 0.1) is 0 Å². The summed E-state index contributed by atoms with van der Waals surface area (Å²) in [6.07, 6.45) is 10.3. The van der Waals surface area contributed by atoms with Gasteiger partial charge in [0.15, 0.2) is 11.4 Å². The molecule has 0 aliphatic carbocycles. The maximum atomic E-state index is 12.3. The van der Waals surface area contributed by atoms with Gasteiger partial charge in [-0.15, -0.1) is 0 Å². The minimum absolute atomic E-state index is 0.262. The molecule has 0 aromatic heterocycles. The van der Waals surface area contributed by atoms with Crippen LogP contribution in [0.4, 0.5) is 11.4 Å². The lowest BCUT2D eigenvalue weighted by Crippen LogP contribution is -2.05. The maximum absolute atomic E-state index is 12.3. The van der Waals surface area contributed by atoms with Crippen LogP contribution >= 0.6 is 0 Å². The molecule has 2 aliphatic heterocycles.